The molecule has 2 N–H and O–H groups in total. The molecule has 4 heteroatoms. The lowest BCUT2D eigenvalue weighted by Gasteiger charge is -2.35. The van der Waals surface area contributed by atoms with Crippen LogP contribution in [0.15, 0.2) is 24.3 Å². The smallest absolute Gasteiger partial charge is 0.123 e. The number of likely N-dealkylation sites (N-methyl/N-ethyl adjacent to an activating group) is 1. The maximum absolute atomic E-state index is 13.5. The van der Waals surface area contributed by atoms with Crippen molar-refractivity contribution in [2.24, 2.45) is 5.73 Å². The largest absolute Gasteiger partial charge is 0.377 e. The molecule has 0 amide bonds. The summed E-state index contributed by atoms with van der Waals surface area (Å²) in [4.78, 5) is 2.30. The minimum atomic E-state index is -0.207. The fourth-order valence-electron chi connectivity index (χ4n) is 3.03. The van der Waals surface area contributed by atoms with Crippen molar-refractivity contribution < 1.29 is 9.13 Å². The molecule has 3 atom stereocenters. The highest BCUT2D eigenvalue weighted by molar-refractivity contribution is 5.21. The highest BCUT2D eigenvalue weighted by Crippen LogP contribution is 2.26. The molecule has 1 aromatic rings. The summed E-state index contributed by atoms with van der Waals surface area (Å²) in [6.45, 7) is 6.68. The topological polar surface area (TPSA) is 38.5 Å². The van der Waals surface area contributed by atoms with Gasteiger partial charge < -0.3 is 10.5 Å². The average Bonchev–Trinajstić information content (AvgIpc) is 2.90. The third kappa shape index (κ3) is 3.78. The summed E-state index contributed by atoms with van der Waals surface area (Å²) in [6, 6.07) is 6.73. The Kier molecular flexibility index (Phi) is 5.52. The van der Waals surface area contributed by atoms with Gasteiger partial charge in [0.2, 0.25) is 0 Å². The van der Waals surface area contributed by atoms with Gasteiger partial charge in [0.25, 0.3) is 0 Å². The molecular formula is C16H25FN2O. The summed E-state index contributed by atoms with van der Waals surface area (Å²) in [6.07, 6.45) is 2.51. The second-order valence-electron chi connectivity index (χ2n) is 5.58. The first-order chi connectivity index (χ1) is 9.61. The first-order valence-corrected chi connectivity index (χ1v) is 7.48. The Morgan fingerprint density at radius 2 is 2.30 bits per heavy atom. The Hall–Kier alpha value is -0.970. The van der Waals surface area contributed by atoms with Gasteiger partial charge in [0.05, 0.1) is 6.10 Å². The van der Waals surface area contributed by atoms with Crippen molar-refractivity contribution in [3.63, 3.8) is 0 Å². The lowest BCUT2D eigenvalue weighted by atomic mass is 9.98. The van der Waals surface area contributed by atoms with Crippen LogP contribution in [0.4, 0.5) is 4.39 Å². The van der Waals surface area contributed by atoms with Gasteiger partial charge in [-0.15, -0.1) is 0 Å². The van der Waals surface area contributed by atoms with Gasteiger partial charge in [-0.2, -0.15) is 0 Å². The number of halogens is 1. The molecule has 1 heterocycles. The number of nitrogens with two attached hydrogens (primary N) is 1. The van der Waals surface area contributed by atoms with Gasteiger partial charge in [-0.25, -0.2) is 4.39 Å². The highest BCUT2D eigenvalue weighted by atomic mass is 19.1. The number of ether oxygens (including phenoxy) is 1. The number of nitrogens with zero attached hydrogens (tertiary/aromatic N) is 1. The molecular weight excluding hydrogens is 255 g/mol. The summed E-state index contributed by atoms with van der Waals surface area (Å²) < 4.78 is 19.2. The van der Waals surface area contributed by atoms with E-state index in [1.807, 2.05) is 13.0 Å². The summed E-state index contributed by atoms with van der Waals surface area (Å²) >= 11 is 0. The van der Waals surface area contributed by atoms with E-state index in [1.165, 1.54) is 6.07 Å². The van der Waals surface area contributed by atoms with Gasteiger partial charge in [-0.3, -0.25) is 4.90 Å². The molecule has 0 radical (unpaired) electrons. The van der Waals surface area contributed by atoms with Crippen molar-refractivity contribution in [2.45, 2.75) is 44.9 Å². The molecule has 0 saturated carbocycles. The van der Waals surface area contributed by atoms with Crippen LogP contribution in [0.1, 0.15) is 38.3 Å². The van der Waals surface area contributed by atoms with E-state index >= 15 is 0 Å². The zero-order valence-electron chi connectivity index (χ0n) is 12.4. The zero-order chi connectivity index (χ0) is 14.5. The number of hydrogen-bond acceptors (Lipinski definition) is 3. The molecule has 0 spiro atoms. The summed E-state index contributed by atoms with van der Waals surface area (Å²) in [5.41, 5.74) is 7.11. The van der Waals surface area contributed by atoms with Gasteiger partial charge in [-0.05, 0) is 44.0 Å². The van der Waals surface area contributed by atoms with E-state index in [2.05, 4.69) is 11.8 Å². The van der Waals surface area contributed by atoms with Crippen LogP contribution in [-0.4, -0.2) is 36.7 Å². The Labute approximate surface area is 120 Å². The van der Waals surface area contributed by atoms with Gasteiger partial charge >= 0.3 is 0 Å². The first kappa shape index (κ1) is 15.4. The Bertz CT molecular complexity index is 419. The van der Waals surface area contributed by atoms with Crippen molar-refractivity contribution in [3.05, 3.63) is 35.6 Å². The van der Waals surface area contributed by atoms with Gasteiger partial charge in [0.15, 0.2) is 0 Å². The summed E-state index contributed by atoms with van der Waals surface area (Å²) in [5.74, 6) is -0.207. The van der Waals surface area contributed by atoms with Crippen LogP contribution in [0.5, 0.6) is 0 Å². The second kappa shape index (κ2) is 7.16. The lowest BCUT2D eigenvalue weighted by molar-refractivity contribution is 0.0546. The van der Waals surface area contributed by atoms with Crippen LogP contribution in [0, 0.1) is 5.82 Å². The van der Waals surface area contributed by atoms with Crippen LogP contribution in [0.25, 0.3) is 0 Å². The molecule has 0 aliphatic carbocycles. The molecule has 112 valence electrons. The van der Waals surface area contributed by atoms with Crippen LogP contribution in [-0.2, 0) is 4.74 Å². The minimum Gasteiger partial charge on any atom is -0.377 e. The van der Waals surface area contributed by atoms with Crippen molar-refractivity contribution in [3.8, 4) is 0 Å². The van der Waals surface area contributed by atoms with E-state index in [9.17, 15) is 4.39 Å². The van der Waals surface area contributed by atoms with Crippen molar-refractivity contribution in [1.29, 1.82) is 0 Å². The van der Waals surface area contributed by atoms with Crippen LogP contribution in [0.3, 0.4) is 0 Å². The molecule has 3 nitrogen and oxygen atoms in total. The van der Waals surface area contributed by atoms with E-state index in [0.29, 0.717) is 0 Å². The number of rotatable bonds is 6. The highest BCUT2D eigenvalue weighted by Gasteiger charge is 2.27. The zero-order valence-corrected chi connectivity index (χ0v) is 12.4. The maximum atomic E-state index is 13.5. The second-order valence-corrected chi connectivity index (χ2v) is 5.58. The van der Waals surface area contributed by atoms with E-state index in [0.717, 1.165) is 38.1 Å². The molecule has 1 aliphatic heterocycles. The third-order valence-corrected chi connectivity index (χ3v) is 3.95. The standard InChI is InChI=1S/C16H25FN2O/c1-3-19(11-15-8-5-9-20-15)16(12(2)18)13-6-4-7-14(17)10-13/h4,6-7,10,12,15-16H,3,5,8-9,11,18H2,1-2H3. The van der Waals surface area contributed by atoms with Gasteiger partial charge in [0.1, 0.15) is 5.82 Å². The van der Waals surface area contributed by atoms with Crippen molar-refractivity contribution >= 4 is 0 Å². The first-order valence-electron chi connectivity index (χ1n) is 7.48. The molecule has 0 bridgehead atoms. The number of hydrogen-bond donors (Lipinski definition) is 1. The lowest BCUT2D eigenvalue weighted by Crippen LogP contribution is -2.43. The molecule has 2 rings (SSSR count). The normalized spacial score (nSPS) is 22.1. The predicted octanol–water partition coefficient (Wildman–Crippen LogP) is 2.71. The molecule has 1 fully saturated rings. The molecule has 0 aromatic heterocycles. The maximum Gasteiger partial charge on any atom is 0.123 e. The van der Waals surface area contributed by atoms with Crippen molar-refractivity contribution in [1.82, 2.24) is 4.90 Å². The Morgan fingerprint density at radius 1 is 1.50 bits per heavy atom. The fraction of sp³-hybridized carbons (Fsp3) is 0.625. The summed E-state index contributed by atoms with van der Waals surface area (Å²) in [5, 5.41) is 0. The minimum absolute atomic E-state index is 0.0277. The molecule has 1 aromatic carbocycles. The van der Waals surface area contributed by atoms with E-state index < -0.39 is 0 Å². The number of benzene rings is 1. The molecule has 3 unspecified atom stereocenters. The van der Waals surface area contributed by atoms with E-state index in [1.54, 1.807) is 12.1 Å². The molecule has 1 saturated heterocycles. The Balaban J connectivity index is 2.16. The average molecular weight is 280 g/mol. The summed E-state index contributed by atoms with van der Waals surface area (Å²) in [7, 11) is 0. The van der Waals surface area contributed by atoms with Crippen molar-refractivity contribution in [2.75, 3.05) is 19.7 Å². The van der Waals surface area contributed by atoms with Gasteiger partial charge in [-0.1, -0.05) is 19.1 Å². The fourth-order valence-corrected chi connectivity index (χ4v) is 3.03. The monoisotopic (exact) mass is 280 g/mol. The van der Waals surface area contributed by atoms with Gasteiger partial charge in [0, 0.05) is 25.2 Å². The predicted molar refractivity (Wildman–Crippen MR) is 79.0 cm³/mol. The van der Waals surface area contributed by atoms with Crippen LogP contribution >= 0.6 is 0 Å². The Morgan fingerprint density at radius 3 is 2.85 bits per heavy atom. The quantitative estimate of drug-likeness (QED) is 0.870. The van der Waals surface area contributed by atoms with E-state index in [4.69, 9.17) is 10.5 Å². The van der Waals surface area contributed by atoms with Crippen LogP contribution < -0.4 is 5.73 Å². The molecule has 1 aliphatic rings. The SMILES string of the molecule is CCN(CC1CCCO1)C(c1cccc(F)c1)C(C)N. The van der Waals surface area contributed by atoms with E-state index in [-0.39, 0.29) is 24.0 Å². The van der Waals surface area contributed by atoms with Crippen LogP contribution in [0.2, 0.25) is 0 Å². The third-order valence-electron chi connectivity index (χ3n) is 3.95. The molecule has 20 heavy (non-hydrogen) atoms.